The fraction of sp³-hybridized carbons (Fsp3) is 0.235. The molecule has 0 bridgehead atoms. The third-order valence-electron chi connectivity index (χ3n) is 3.38. The van der Waals surface area contributed by atoms with Crippen molar-refractivity contribution in [2.45, 2.75) is 12.8 Å². The molecule has 0 saturated heterocycles. The zero-order chi connectivity index (χ0) is 16.1. The van der Waals surface area contributed by atoms with E-state index < -0.39 is 5.97 Å². The van der Waals surface area contributed by atoms with Gasteiger partial charge >= 0.3 is 5.97 Å². The first kappa shape index (κ1) is 16.2. The molecule has 2 aromatic carbocycles. The maximum absolute atomic E-state index is 11.0. The molecule has 0 aliphatic heterocycles. The molecular formula is C17H17ClO4. The van der Waals surface area contributed by atoms with Gasteiger partial charge in [-0.15, -0.1) is 0 Å². The largest absolute Gasteiger partial charge is 0.493 e. The number of hydrogen-bond donors (Lipinski definition) is 1. The van der Waals surface area contributed by atoms with Crippen LogP contribution < -0.4 is 9.47 Å². The summed E-state index contributed by atoms with van der Waals surface area (Å²) in [5.41, 5.74) is 2.51. The Balaban J connectivity index is 2.42. The standard InChI is InChI=1S/C17H17ClO4/c1-21-15-5-3-4-12(17(15)22-2)8-13-9-14(18)7-6-11(13)10-16(19)20/h3-7,9H,8,10H2,1-2H3,(H,19,20). The first-order chi connectivity index (χ1) is 10.5. The van der Waals surface area contributed by atoms with Crippen LogP contribution in [-0.2, 0) is 17.6 Å². The van der Waals surface area contributed by atoms with E-state index in [2.05, 4.69) is 0 Å². The molecule has 0 saturated carbocycles. The predicted molar refractivity (Wildman–Crippen MR) is 85.1 cm³/mol. The van der Waals surface area contributed by atoms with Crippen molar-refractivity contribution < 1.29 is 19.4 Å². The van der Waals surface area contributed by atoms with Crippen LogP contribution in [0.2, 0.25) is 5.02 Å². The zero-order valence-corrected chi connectivity index (χ0v) is 13.2. The van der Waals surface area contributed by atoms with Crippen LogP contribution in [0.4, 0.5) is 0 Å². The summed E-state index contributed by atoms with van der Waals surface area (Å²) in [6, 6.07) is 10.9. The molecule has 0 heterocycles. The number of benzene rings is 2. The Hall–Kier alpha value is -2.20. The molecule has 0 aromatic heterocycles. The highest BCUT2D eigenvalue weighted by Crippen LogP contribution is 2.33. The average molecular weight is 321 g/mol. The minimum Gasteiger partial charge on any atom is -0.493 e. The van der Waals surface area contributed by atoms with Crippen LogP contribution in [0.25, 0.3) is 0 Å². The predicted octanol–water partition coefficient (Wildman–Crippen LogP) is 3.58. The maximum atomic E-state index is 11.0. The van der Waals surface area contributed by atoms with Gasteiger partial charge in [0, 0.05) is 17.0 Å². The second-order valence-corrected chi connectivity index (χ2v) is 5.25. The molecular weight excluding hydrogens is 304 g/mol. The molecule has 2 rings (SSSR count). The Labute approximate surface area is 134 Å². The van der Waals surface area contributed by atoms with Crippen molar-refractivity contribution in [3.63, 3.8) is 0 Å². The summed E-state index contributed by atoms with van der Waals surface area (Å²) in [5.74, 6) is 0.411. The minimum absolute atomic E-state index is 0.0429. The third-order valence-corrected chi connectivity index (χ3v) is 3.61. The molecule has 4 nitrogen and oxygen atoms in total. The number of carbonyl (C=O) groups is 1. The van der Waals surface area contributed by atoms with E-state index in [0.717, 1.165) is 16.7 Å². The van der Waals surface area contributed by atoms with E-state index in [4.69, 9.17) is 26.2 Å². The summed E-state index contributed by atoms with van der Waals surface area (Å²) in [6.07, 6.45) is 0.475. The molecule has 5 heteroatoms. The lowest BCUT2D eigenvalue weighted by molar-refractivity contribution is -0.136. The van der Waals surface area contributed by atoms with E-state index in [-0.39, 0.29) is 6.42 Å². The fourth-order valence-corrected chi connectivity index (χ4v) is 2.59. The van der Waals surface area contributed by atoms with Gasteiger partial charge in [0.15, 0.2) is 11.5 Å². The van der Waals surface area contributed by atoms with Crippen LogP contribution in [0.1, 0.15) is 16.7 Å². The van der Waals surface area contributed by atoms with Crippen LogP contribution >= 0.6 is 11.6 Å². The number of carboxylic acids is 1. The number of aliphatic carboxylic acids is 1. The topological polar surface area (TPSA) is 55.8 Å². The summed E-state index contributed by atoms with van der Waals surface area (Å²) in [6.45, 7) is 0. The van der Waals surface area contributed by atoms with E-state index in [9.17, 15) is 4.79 Å². The molecule has 0 atom stereocenters. The van der Waals surface area contributed by atoms with Crippen LogP contribution in [0.15, 0.2) is 36.4 Å². The molecule has 116 valence electrons. The number of rotatable bonds is 6. The number of hydrogen-bond acceptors (Lipinski definition) is 3. The van der Waals surface area contributed by atoms with Gasteiger partial charge in [-0.05, 0) is 29.3 Å². The summed E-state index contributed by atoms with van der Waals surface area (Å²) >= 11 is 6.05. The SMILES string of the molecule is COc1cccc(Cc2cc(Cl)ccc2CC(=O)O)c1OC. The molecule has 0 fully saturated rings. The molecule has 2 aromatic rings. The van der Waals surface area contributed by atoms with Crippen molar-refractivity contribution in [3.8, 4) is 11.5 Å². The summed E-state index contributed by atoms with van der Waals surface area (Å²) in [4.78, 5) is 11.0. The van der Waals surface area contributed by atoms with Gasteiger partial charge in [0.05, 0.1) is 20.6 Å². The summed E-state index contributed by atoms with van der Waals surface area (Å²) in [7, 11) is 3.16. The van der Waals surface area contributed by atoms with Crippen LogP contribution in [0.3, 0.4) is 0 Å². The van der Waals surface area contributed by atoms with Crippen molar-refractivity contribution >= 4 is 17.6 Å². The van der Waals surface area contributed by atoms with E-state index in [0.29, 0.717) is 22.9 Å². The van der Waals surface area contributed by atoms with Crippen molar-refractivity contribution in [1.82, 2.24) is 0 Å². The summed E-state index contributed by atoms with van der Waals surface area (Å²) in [5, 5.41) is 9.61. The highest BCUT2D eigenvalue weighted by molar-refractivity contribution is 6.30. The van der Waals surface area contributed by atoms with E-state index in [1.807, 2.05) is 18.2 Å². The fourth-order valence-electron chi connectivity index (χ4n) is 2.39. The summed E-state index contributed by atoms with van der Waals surface area (Å²) < 4.78 is 10.7. The number of methoxy groups -OCH3 is 2. The van der Waals surface area contributed by atoms with Gasteiger partial charge in [0.25, 0.3) is 0 Å². The molecule has 0 unspecified atom stereocenters. The molecule has 1 N–H and O–H groups in total. The Kier molecular flexibility index (Phi) is 5.28. The normalized spacial score (nSPS) is 10.3. The molecule has 0 radical (unpaired) electrons. The van der Waals surface area contributed by atoms with Gasteiger partial charge in [-0.1, -0.05) is 29.8 Å². The van der Waals surface area contributed by atoms with E-state index in [1.165, 1.54) is 0 Å². The van der Waals surface area contributed by atoms with Gasteiger partial charge < -0.3 is 14.6 Å². The first-order valence-electron chi connectivity index (χ1n) is 6.74. The van der Waals surface area contributed by atoms with Crippen LogP contribution in [-0.4, -0.2) is 25.3 Å². The molecule has 0 aliphatic carbocycles. The number of halogens is 1. The molecule has 22 heavy (non-hydrogen) atoms. The number of carboxylic acid groups (broad SMARTS) is 1. The smallest absolute Gasteiger partial charge is 0.307 e. The second kappa shape index (κ2) is 7.18. The van der Waals surface area contributed by atoms with Crippen LogP contribution in [0, 0.1) is 0 Å². The lowest BCUT2D eigenvalue weighted by Gasteiger charge is -2.14. The zero-order valence-electron chi connectivity index (χ0n) is 12.4. The quantitative estimate of drug-likeness (QED) is 0.884. The number of para-hydroxylation sites is 1. The van der Waals surface area contributed by atoms with Gasteiger partial charge in [-0.3, -0.25) is 4.79 Å². The van der Waals surface area contributed by atoms with Gasteiger partial charge in [0.2, 0.25) is 0 Å². The highest BCUT2D eigenvalue weighted by Gasteiger charge is 2.13. The van der Waals surface area contributed by atoms with Crippen LogP contribution in [0.5, 0.6) is 11.5 Å². The third kappa shape index (κ3) is 3.71. The van der Waals surface area contributed by atoms with Gasteiger partial charge in [0.1, 0.15) is 0 Å². The Morgan fingerprint density at radius 3 is 2.50 bits per heavy atom. The van der Waals surface area contributed by atoms with E-state index in [1.54, 1.807) is 32.4 Å². The molecule has 0 aliphatic rings. The highest BCUT2D eigenvalue weighted by atomic mass is 35.5. The van der Waals surface area contributed by atoms with E-state index >= 15 is 0 Å². The Morgan fingerprint density at radius 1 is 1.09 bits per heavy atom. The lowest BCUT2D eigenvalue weighted by atomic mass is 9.97. The van der Waals surface area contributed by atoms with Crippen molar-refractivity contribution in [2.24, 2.45) is 0 Å². The molecule has 0 spiro atoms. The van der Waals surface area contributed by atoms with Gasteiger partial charge in [-0.25, -0.2) is 0 Å². The maximum Gasteiger partial charge on any atom is 0.307 e. The van der Waals surface area contributed by atoms with Crippen molar-refractivity contribution in [2.75, 3.05) is 14.2 Å². The van der Waals surface area contributed by atoms with Crippen molar-refractivity contribution in [1.29, 1.82) is 0 Å². The average Bonchev–Trinajstić information content (AvgIpc) is 2.49. The Morgan fingerprint density at radius 2 is 1.86 bits per heavy atom. The lowest BCUT2D eigenvalue weighted by Crippen LogP contribution is -2.05. The first-order valence-corrected chi connectivity index (χ1v) is 7.12. The number of ether oxygens (including phenoxy) is 2. The monoisotopic (exact) mass is 320 g/mol. The molecule has 0 amide bonds. The minimum atomic E-state index is -0.874. The van der Waals surface area contributed by atoms with Crippen molar-refractivity contribution in [3.05, 3.63) is 58.1 Å². The van der Waals surface area contributed by atoms with Gasteiger partial charge in [-0.2, -0.15) is 0 Å². The Bertz CT molecular complexity index is 682. The second-order valence-electron chi connectivity index (χ2n) is 4.81.